The van der Waals surface area contributed by atoms with E-state index in [0.717, 1.165) is 0 Å². The number of nitrogens with zero attached hydrogens (tertiary/aromatic N) is 1. The van der Waals surface area contributed by atoms with Gasteiger partial charge in [0.05, 0.1) is 18.1 Å². The van der Waals surface area contributed by atoms with Gasteiger partial charge in [-0.15, -0.1) is 0 Å². The quantitative estimate of drug-likeness (QED) is 0.874. The molecule has 1 aromatic carbocycles. The second-order valence-corrected chi connectivity index (χ2v) is 6.33. The van der Waals surface area contributed by atoms with Gasteiger partial charge in [0.1, 0.15) is 0 Å². The van der Waals surface area contributed by atoms with E-state index in [1.165, 1.54) is 11.0 Å². The van der Waals surface area contributed by atoms with Gasteiger partial charge in [-0.25, -0.2) is 9.18 Å². The molecule has 2 amide bonds. The number of para-hydroxylation sites is 1. The monoisotopic (exact) mass is 322 g/mol. The van der Waals surface area contributed by atoms with Crippen LogP contribution in [0.2, 0.25) is 0 Å². The van der Waals surface area contributed by atoms with Gasteiger partial charge in [0.25, 0.3) is 0 Å². The molecule has 3 rings (SSSR count). The number of urea groups is 1. The molecule has 1 unspecified atom stereocenters. The third-order valence-corrected chi connectivity index (χ3v) is 4.60. The van der Waals surface area contributed by atoms with Crippen molar-refractivity contribution < 1.29 is 23.8 Å². The molecule has 0 aromatic heterocycles. The largest absolute Gasteiger partial charge is 0.490 e. The molecule has 2 aliphatic rings. The maximum Gasteiger partial charge on any atom is 0.317 e. The molecule has 0 bridgehead atoms. The number of nitrogens with one attached hydrogen (secondary N) is 1. The molecule has 2 aliphatic heterocycles. The van der Waals surface area contributed by atoms with Crippen molar-refractivity contribution in [1.29, 1.82) is 0 Å². The van der Waals surface area contributed by atoms with E-state index in [1.54, 1.807) is 19.1 Å². The summed E-state index contributed by atoms with van der Waals surface area (Å²) in [7, 11) is 0. The standard InChI is InChI=1S/C16H19FN2O4/c1-16(14(20)21)6-7-19(9-16)15(22)18-12-5-8-23-13-10(12)3-2-4-11(13)17/h2-4,12H,5-9H2,1H3,(H,18,22)(H,20,21)/t12-,16?/m0/s1. The van der Waals surface area contributed by atoms with Crippen LogP contribution >= 0.6 is 0 Å². The molecule has 2 N–H and O–H groups in total. The molecule has 2 heterocycles. The van der Waals surface area contributed by atoms with Gasteiger partial charge in [-0.1, -0.05) is 12.1 Å². The zero-order valence-electron chi connectivity index (χ0n) is 12.8. The van der Waals surface area contributed by atoms with Gasteiger partial charge in [0.2, 0.25) is 0 Å². The average molecular weight is 322 g/mol. The highest BCUT2D eigenvalue weighted by Crippen LogP contribution is 2.35. The van der Waals surface area contributed by atoms with Gasteiger partial charge in [-0.3, -0.25) is 4.79 Å². The summed E-state index contributed by atoms with van der Waals surface area (Å²) in [4.78, 5) is 25.2. The summed E-state index contributed by atoms with van der Waals surface area (Å²) in [6.07, 6.45) is 0.973. The van der Waals surface area contributed by atoms with E-state index in [-0.39, 0.29) is 24.4 Å². The zero-order valence-corrected chi connectivity index (χ0v) is 12.8. The highest BCUT2D eigenvalue weighted by atomic mass is 19.1. The van der Waals surface area contributed by atoms with E-state index in [9.17, 15) is 19.1 Å². The number of amides is 2. The molecule has 23 heavy (non-hydrogen) atoms. The third-order valence-electron chi connectivity index (χ3n) is 4.60. The number of carboxylic acids is 1. The van der Waals surface area contributed by atoms with Gasteiger partial charge in [-0.2, -0.15) is 0 Å². The Morgan fingerprint density at radius 2 is 2.26 bits per heavy atom. The lowest BCUT2D eigenvalue weighted by Gasteiger charge is -2.29. The molecule has 0 spiro atoms. The second kappa shape index (κ2) is 5.72. The van der Waals surface area contributed by atoms with Gasteiger partial charge in [-0.05, 0) is 19.4 Å². The van der Waals surface area contributed by atoms with Gasteiger partial charge in [0.15, 0.2) is 11.6 Å². The first kappa shape index (κ1) is 15.6. The number of carboxylic acid groups (broad SMARTS) is 1. The van der Waals surface area contributed by atoms with Gasteiger partial charge < -0.3 is 20.1 Å². The Hall–Kier alpha value is -2.31. The number of carbonyl (C=O) groups is 2. The molecule has 1 aromatic rings. The minimum Gasteiger partial charge on any atom is -0.490 e. The van der Waals surface area contributed by atoms with E-state index in [4.69, 9.17) is 4.74 Å². The number of aliphatic carboxylic acids is 1. The highest BCUT2D eigenvalue weighted by Gasteiger charge is 2.42. The lowest BCUT2D eigenvalue weighted by molar-refractivity contribution is -0.147. The molecular weight excluding hydrogens is 303 g/mol. The number of likely N-dealkylation sites (tertiary alicyclic amines) is 1. The number of ether oxygens (including phenoxy) is 1. The van der Waals surface area contributed by atoms with E-state index in [1.807, 2.05) is 0 Å². The third kappa shape index (κ3) is 2.83. The van der Waals surface area contributed by atoms with Crippen LogP contribution in [-0.4, -0.2) is 41.7 Å². The van der Waals surface area contributed by atoms with Crippen LogP contribution in [0.15, 0.2) is 18.2 Å². The first-order valence-corrected chi connectivity index (χ1v) is 7.61. The lowest BCUT2D eigenvalue weighted by atomic mass is 9.90. The van der Waals surface area contributed by atoms with Gasteiger partial charge >= 0.3 is 12.0 Å². The Labute approximate surface area is 133 Å². The summed E-state index contributed by atoms with van der Waals surface area (Å²) in [5.74, 6) is -1.16. The lowest BCUT2D eigenvalue weighted by Crippen LogP contribution is -2.43. The van der Waals surface area contributed by atoms with Crippen LogP contribution in [0.5, 0.6) is 5.75 Å². The fourth-order valence-electron chi connectivity index (χ4n) is 3.09. The molecule has 6 nitrogen and oxygen atoms in total. The molecule has 2 atom stereocenters. The Morgan fingerprint density at radius 3 is 2.96 bits per heavy atom. The van der Waals surface area contributed by atoms with E-state index < -0.39 is 17.2 Å². The minimum absolute atomic E-state index is 0.174. The Kier molecular flexibility index (Phi) is 3.87. The Balaban J connectivity index is 1.71. The average Bonchev–Trinajstić information content (AvgIpc) is 2.92. The Bertz CT molecular complexity index is 651. The first-order valence-electron chi connectivity index (χ1n) is 7.61. The fraction of sp³-hybridized carbons (Fsp3) is 0.500. The molecule has 124 valence electrons. The van der Waals surface area contributed by atoms with Crippen molar-refractivity contribution in [3.8, 4) is 5.75 Å². The van der Waals surface area contributed by atoms with Crippen LogP contribution in [0.4, 0.5) is 9.18 Å². The maximum atomic E-state index is 13.8. The number of hydrogen-bond acceptors (Lipinski definition) is 3. The van der Waals surface area contributed by atoms with Crippen molar-refractivity contribution in [3.05, 3.63) is 29.6 Å². The molecule has 1 saturated heterocycles. The summed E-state index contributed by atoms with van der Waals surface area (Å²) in [6, 6.07) is 3.98. The molecule has 0 radical (unpaired) electrons. The summed E-state index contributed by atoms with van der Waals surface area (Å²) >= 11 is 0. The second-order valence-electron chi connectivity index (χ2n) is 6.33. The van der Waals surface area contributed by atoms with Crippen LogP contribution in [0.3, 0.4) is 0 Å². The van der Waals surface area contributed by atoms with E-state index in [2.05, 4.69) is 5.32 Å². The first-order chi connectivity index (χ1) is 10.9. The van der Waals surface area contributed by atoms with Crippen molar-refractivity contribution in [3.63, 3.8) is 0 Å². The van der Waals surface area contributed by atoms with Crippen LogP contribution in [0.1, 0.15) is 31.4 Å². The van der Waals surface area contributed by atoms with Crippen molar-refractivity contribution in [2.24, 2.45) is 5.41 Å². The number of rotatable bonds is 2. The van der Waals surface area contributed by atoms with Crippen molar-refractivity contribution >= 4 is 12.0 Å². The summed E-state index contributed by atoms with van der Waals surface area (Å²) in [5.41, 5.74) is -0.290. The van der Waals surface area contributed by atoms with Crippen LogP contribution < -0.4 is 10.1 Å². The smallest absolute Gasteiger partial charge is 0.317 e. The molecule has 0 aliphatic carbocycles. The highest BCUT2D eigenvalue weighted by molar-refractivity contribution is 5.79. The summed E-state index contributed by atoms with van der Waals surface area (Å²) in [6.45, 7) is 2.54. The van der Waals surface area contributed by atoms with Crippen LogP contribution in [0, 0.1) is 11.2 Å². The maximum absolute atomic E-state index is 13.8. The molecular formula is C16H19FN2O4. The van der Waals surface area contributed by atoms with Crippen LogP contribution in [-0.2, 0) is 4.79 Å². The molecule has 7 heteroatoms. The van der Waals surface area contributed by atoms with E-state index >= 15 is 0 Å². The summed E-state index contributed by atoms with van der Waals surface area (Å²) in [5, 5.41) is 12.1. The molecule has 0 saturated carbocycles. The van der Waals surface area contributed by atoms with Gasteiger partial charge in [0, 0.05) is 25.1 Å². The predicted molar refractivity (Wildman–Crippen MR) is 79.7 cm³/mol. The van der Waals surface area contributed by atoms with Crippen LogP contribution in [0.25, 0.3) is 0 Å². The number of benzene rings is 1. The SMILES string of the molecule is CC1(C(=O)O)CCN(C(=O)N[C@H]2CCOc3c(F)cccc32)C1. The van der Waals surface area contributed by atoms with Crippen molar-refractivity contribution in [1.82, 2.24) is 10.2 Å². The van der Waals surface area contributed by atoms with Crippen molar-refractivity contribution in [2.45, 2.75) is 25.8 Å². The zero-order chi connectivity index (χ0) is 16.6. The summed E-state index contributed by atoms with van der Waals surface area (Å²) < 4.78 is 19.1. The molecule has 1 fully saturated rings. The number of carbonyl (C=O) groups excluding carboxylic acids is 1. The number of hydrogen-bond donors (Lipinski definition) is 2. The predicted octanol–water partition coefficient (Wildman–Crippen LogP) is 2.16. The minimum atomic E-state index is -0.906. The number of fused-ring (bicyclic) bond motifs is 1. The van der Waals surface area contributed by atoms with Crippen molar-refractivity contribution in [2.75, 3.05) is 19.7 Å². The van der Waals surface area contributed by atoms with E-state index in [0.29, 0.717) is 31.6 Å². The Morgan fingerprint density at radius 1 is 1.48 bits per heavy atom. The fourth-order valence-corrected chi connectivity index (χ4v) is 3.09. The number of halogens is 1. The topological polar surface area (TPSA) is 78.9 Å². The normalized spacial score (nSPS) is 26.3.